The van der Waals surface area contributed by atoms with Gasteiger partial charge in [-0.25, -0.2) is 0 Å². The molecule has 0 saturated carbocycles. The lowest BCUT2D eigenvalue weighted by Crippen LogP contribution is -2.23. The van der Waals surface area contributed by atoms with Gasteiger partial charge in [-0.1, -0.05) is 30.3 Å². The number of aromatic hydroxyl groups is 1. The maximum atomic E-state index is 12.7. The number of amides is 1. The largest absolute Gasteiger partial charge is 0.508 e. The van der Waals surface area contributed by atoms with E-state index >= 15 is 0 Å². The van der Waals surface area contributed by atoms with Gasteiger partial charge in [0.25, 0.3) is 5.91 Å². The van der Waals surface area contributed by atoms with Crippen molar-refractivity contribution in [3.05, 3.63) is 90.0 Å². The van der Waals surface area contributed by atoms with Crippen molar-refractivity contribution in [2.45, 2.75) is 26.3 Å². The molecule has 0 saturated heterocycles. The van der Waals surface area contributed by atoms with Crippen LogP contribution in [0, 0.1) is 0 Å². The highest BCUT2D eigenvalue weighted by Crippen LogP contribution is 2.24. The zero-order chi connectivity index (χ0) is 31.9. The maximum absolute atomic E-state index is 12.7. The molecule has 12 heteroatoms. The van der Waals surface area contributed by atoms with E-state index in [9.17, 15) is 14.7 Å². The molecule has 0 fully saturated rings. The number of aromatic nitrogens is 3. The maximum Gasteiger partial charge on any atom is 0.251 e. The smallest absolute Gasteiger partial charge is 0.251 e. The van der Waals surface area contributed by atoms with Gasteiger partial charge in [0.05, 0.1) is 19.8 Å². The van der Waals surface area contributed by atoms with E-state index in [0.717, 1.165) is 11.3 Å². The summed E-state index contributed by atoms with van der Waals surface area (Å²) in [5.74, 6) is 1.16. The number of ether oxygens (including phenoxy) is 2. The lowest BCUT2D eigenvalue weighted by atomic mass is 10.1. The Balaban J connectivity index is 1.36. The Bertz CT molecular complexity index is 1500. The molecule has 1 amide bonds. The second kappa shape index (κ2) is 17.3. The van der Waals surface area contributed by atoms with E-state index in [-0.39, 0.29) is 17.4 Å². The molecule has 0 aliphatic rings. The Morgan fingerprint density at radius 1 is 0.822 bits per heavy atom. The number of anilines is 5. The number of carbonyl (C=O) groups excluding carboxylic acids is 2. The first-order valence-electron chi connectivity index (χ1n) is 14.7. The van der Waals surface area contributed by atoms with Gasteiger partial charge in [-0.15, -0.1) is 0 Å². The summed E-state index contributed by atoms with van der Waals surface area (Å²) < 4.78 is 11.1. The van der Waals surface area contributed by atoms with E-state index in [0.29, 0.717) is 81.5 Å². The predicted octanol–water partition coefficient (Wildman–Crippen LogP) is 4.83. The van der Waals surface area contributed by atoms with Crippen molar-refractivity contribution in [1.82, 2.24) is 20.3 Å². The Hall–Kier alpha value is -5.07. The van der Waals surface area contributed by atoms with Crippen LogP contribution in [-0.4, -0.2) is 71.8 Å². The first-order valence-corrected chi connectivity index (χ1v) is 14.7. The molecule has 0 aliphatic carbocycles. The molecule has 0 radical (unpaired) electrons. The van der Waals surface area contributed by atoms with E-state index in [1.165, 1.54) is 0 Å². The van der Waals surface area contributed by atoms with Gasteiger partial charge in [0.15, 0.2) is 0 Å². The monoisotopic (exact) mass is 613 g/mol. The van der Waals surface area contributed by atoms with E-state index in [1.807, 2.05) is 49.5 Å². The molecule has 0 aliphatic heterocycles. The van der Waals surface area contributed by atoms with Crippen LogP contribution < -0.4 is 20.9 Å². The molecular formula is C33H39N7O5. The molecule has 1 aromatic heterocycles. The Morgan fingerprint density at radius 2 is 1.51 bits per heavy atom. The third kappa shape index (κ3) is 11.2. The van der Waals surface area contributed by atoms with Crippen LogP contribution in [0.15, 0.2) is 78.9 Å². The molecule has 4 rings (SSSR count). The van der Waals surface area contributed by atoms with Gasteiger partial charge in [-0.2, -0.15) is 15.0 Å². The minimum atomic E-state index is -0.165. The molecule has 0 unspecified atom stereocenters. The zero-order valence-corrected chi connectivity index (χ0v) is 25.5. The third-order valence-corrected chi connectivity index (χ3v) is 6.58. The topological polar surface area (TPSA) is 151 Å². The molecule has 0 atom stereocenters. The number of Topliss-reactive ketones (excluding diaryl/α,β-unsaturated/α-hetero) is 1. The normalized spacial score (nSPS) is 10.7. The van der Waals surface area contributed by atoms with E-state index < -0.39 is 0 Å². The zero-order valence-electron chi connectivity index (χ0n) is 25.5. The summed E-state index contributed by atoms with van der Waals surface area (Å²) in [5.41, 5.74) is 3.03. The quantitative estimate of drug-likeness (QED) is 0.0902. The summed E-state index contributed by atoms with van der Waals surface area (Å²) >= 11 is 0. The van der Waals surface area contributed by atoms with Crippen molar-refractivity contribution >= 4 is 40.9 Å². The molecule has 45 heavy (non-hydrogen) atoms. The SMILES string of the molecule is CC(=O)CCCOCCOCCNc1nc(Nc2ccc(O)cc2)nc(N(C)c2ccc(C(=O)NCc3ccccc3)cc2)n1. The predicted molar refractivity (Wildman–Crippen MR) is 173 cm³/mol. The molecule has 3 aromatic carbocycles. The number of nitrogens with one attached hydrogen (secondary N) is 3. The number of phenolic OH excluding ortho intramolecular Hbond substituents is 1. The summed E-state index contributed by atoms with van der Waals surface area (Å²) in [6.07, 6.45) is 1.23. The minimum absolute atomic E-state index is 0.151. The van der Waals surface area contributed by atoms with Gasteiger partial charge in [-0.05, 0) is 67.4 Å². The fourth-order valence-electron chi connectivity index (χ4n) is 4.14. The second-order valence-electron chi connectivity index (χ2n) is 10.2. The molecule has 1 heterocycles. The number of phenols is 1. The van der Waals surface area contributed by atoms with Crippen LogP contribution in [0.4, 0.5) is 29.2 Å². The van der Waals surface area contributed by atoms with Crippen molar-refractivity contribution in [2.24, 2.45) is 0 Å². The highest BCUT2D eigenvalue weighted by atomic mass is 16.5. The van der Waals surface area contributed by atoms with Crippen LogP contribution >= 0.6 is 0 Å². The highest BCUT2D eigenvalue weighted by Gasteiger charge is 2.14. The fourth-order valence-corrected chi connectivity index (χ4v) is 4.14. The average molecular weight is 614 g/mol. The molecule has 12 nitrogen and oxygen atoms in total. The molecule has 4 aromatic rings. The van der Waals surface area contributed by atoms with Gasteiger partial charge in [-0.3, -0.25) is 4.79 Å². The minimum Gasteiger partial charge on any atom is -0.508 e. The number of carbonyl (C=O) groups is 2. The van der Waals surface area contributed by atoms with Gasteiger partial charge >= 0.3 is 0 Å². The molecule has 4 N–H and O–H groups in total. The van der Waals surface area contributed by atoms with Crippen LogP contribution in [-0.2, 0) is 20.8 Å². The number of rotatable bonds is 18. The average Bonchev–Trinajstić information content (AvgIpc) is 3.05. The summed E-state index contributed by atoms with van der Waals surface area (Å²) in [6, 6.07) is 23.5. The Morgan fingerprint density at radius 3 is 2.22 bits per heavy atom. The molecular weight excluding hydrogens is 574 g/mol. The number of ketones is 1. The molecule has 0 spiro atoms. The van der Waals surface area contributed by atoms with Crippen molar-refractivity contribution in [3.8, 4) is 5.75 Å². The van der Waals surface area contributed by atoms with Crippen LogP contribution in [0.5, 0.6) is 5.75 Å². The number of nitrogens with zero attached hydrogens (tertiary/aromatic N) is 4. The van der Waals surface area contributed by atoms with Crippen LogP contribution in [0.25, 0.3) is 0 Å². The lowest BCUT2D eigenvalue weighted by Gasteiger charge is -2.19. The van der Waals surface area contributed by atoms with Gasteiger partial charge in [0, 0.05) is 50.1 Å². The lowest BCUT2D eigenvalue weighted by molar-refractivity contribution is -0.117. The molecule has 236 valence electrons. The van der Waals surface area contributed by atoms with Crippen LogP contribution in [0.2, 0.25) is 0 Å². The Labute approximate surface area is 262 Å². The molecule has 0 bridgehead atoms. The number of benzene rings is 3. The standard InChI is InChI=1S/C33H39N7O5/c1-24(41)7-6-19-44-21-22-45-20-18-34-31-37-32(36-27-12-16-29(42)17-13-27)39-33(38-31)40(2)28-14-10-26(11-15-28)30(43)35-23-25-8-4-3-5-9-25/h3-5,8-17,42H,6-7,18-23H2,1-2H3,(H,35,43)(H2,34,36,37,38,39). The third-order valence-electron chi connectivity index (χ3n) is 6.58. The summed E-state index contributed by atoms with van der Waals surface area (Å²) in [6.45, 7) is 4.28. The highest BCUT2D eigenvalue weighted by molar-refractivity contribution is 5.94. The van der Waals surface area contributed by atoms with E-state index in [2.05, 4.69) is 30.9 Å². The summed E-state index contributed by atoms with van der Waals surface area (Å²) in [4.78, 5) is 39.1. The van der Waals surface area contributed by atoms with Crippen LogP contribution in [0.3, 0.4) is 0 Å². The van der Waals surface area contributed by atoms with Crippen molar-refractivity contribution < 1.29 is 24.2 Å². The van der Waals surface area contributed by atoms with E-state index in [4.69, 9.17) is 9.47 Å². The summed E-state index contributed by atoms with van der Waals surface area (Å²) in [7, 11) is 1.83. The van der Waals surface area contributed by atoms with Gasteiger partial charge in [0.2, 0.25) is 17.8 Å². The summed E-state index contributed by atoms with van der Waals surface area (Å²) in [5, 5.41) is 18.9. The van der Waals surface area contributed by atoms with Crippen molar-refractivity contribution in [2.75, 3.05) is 55.6 Å². The Kier molecular flexibility index (Phi) is 12.6. The first kappa shape index (κ1) is 32.8. The second-order valence-corrected chi connectivity index (χ2v) is 10.2. The number of hydrogen-bond acceptors (Lipinski definition) is 11. The van der Waals surface area contributed by atoms with E-state index in [1.54, 1.807) is 48.2 Å². The van der Waals surface area contributed by atoms with Gasteiger partial charge < -0.3 is 40.2 Å². The van der Waals surface area contributed by atoms with Crippen molar-refractivity contribution in [3.63, 3.8) is 0 Å². The van der Waals surface area contributed by atoms with Gasteiger partial charge in [0.1, 0.15) is 11.5 Å². The first-order chi connectivity index (χ1) is 21.9. The fraction of sp³-hybridized carbons (Fsp3) is 0.303. The van der Waals surface area contributed by atoms with Crippen molar-refractivity contribution in [1.29, 1.82) is 0 Å². The van der Waals surface area contributed by atoms with Crippen LogP contribution in [0.1, 0.15) is 35.7 Å². The number of hydrogen-bond donors (Lipinski definition) is 4.